The Bertz CT molecular complexity index is 439. The van der Waals surface area contributed by atoms with Gasteiger partial charge in [0.1, 0.15) is 5.57 Å². The molecule has 0 fully saturated rings. The number of aliphatic hydroxyl groups is 1. The van der Waals surface area contributed by atoms with Crippen LogP contribution in [0.5, 0.6) is 0 Å². The summed E-state index contributed by atoms with van der Waals surface area (Å²) in [5.74, 6) is -1.16. The van der Waals surface area contributed by atoms with Gasteiger partial charge in [-0.25, -0.2) is 4.79 Å². The van der Waals surface area contributed by atoms with Crippen molar-refractivity contribution in [1.82, 2.24) is 0 Å². The molecule has 1 atom stereocenters. The number of cyclic esters (lactones) is 1. The fourth-order valence-corrected chi connectivity index (χ4v) is 3.27. The number of carbonyl (C=O) groups is 2. The number of aliphatic hydroxyl groups excluding tert-OH is 1. The molecule has 1 heterocycles. The minimum Gasteiger partial charge on any atom is -0.507 e. The molecule has 1 aliphatic rings. The Morgan fingerprint density at radius 3 is 1.72 bits per heavy atom. The zero-order valence-electron chi connectivity index (χ0n) is 16.1. The molecule has 0 bridgehead atoms. The average Bonchev–Trinajstić information content (AvgIpc) is 2.84. The van der Waals surface area contributed by atoms with Crippen molar-refractivity contribution in [2.75, 3.05) is 0 Å². The van der Waals surface area contributed by atoms with Crippen molar-refractivity contribution >= 4 is 11.8 Å². The first-order valence-corrected chi connectivity index (χ1v) is 10.2. The molecule has 144 valence electrons. The average molecular weight is 353 g/mol. The summed E-state index contributed by atoms with van der Waals surface area (Å²) in [6.45, 7) is 3.82. The fraction of sp³-hybridized carbons (Fsp3) is 0.810. The summed E-state index contributed by atoms with van der Waals surface area (Å²) in [7, 11) is 0. The van der Waals surface area contributed by atoms with Crippen LogP contribution < -0.4 is 0 Å². The Labute approximate surface area is 153 Å². The van der Waals surface area contributed by atoms with Crippen LogP contribution in [0, 0.1) is 0 Å². The third-order valence-corrected chi connectivity index (χ3v) is 4.92. The van der Waals surface area contributed by atoms with Gasteiger partial charge < -0.3 is 9.84 Å². The third-order valence-electron chi connectivity index (χ3n) is 4.92. The van der Waals surface area contributed by atoms with Crippen molar-refractivity contribution in [2.24, 2.45) is 0 Å². The molecule has 0 spiro atoms. The summed E-state index contributed by atoms with van der Waals surface area (Å²) in [4.78, 5) is 23.5. The monoisotopic (exact) mass is 352 g/mol. The van der Waals surface area contributed by atoms with Crippen LogP contribution in [0.25, 0.3) is 0 Å². The molecule has 0 saturated heterocycles. The molecule has 0 amide bonds. The van der Waals surface area contributed by atoms with Gasteiger partial charge in [-0.3, -0.25) is 4.79 Å². The van der Waals surface area contributed by atoms with Gasteiger partial charge in [0.05, 0.1) is 0 Å². The predicted octanol–water partition coefficient (Wildman–Crippen LogP) is 5.79. The highest BCUT2D eigenvalue weighted by Gasteiger charge is 2.35. The Balaban J connectivity index is 1.94. The van der Waals surface area contributed by atoms with Gasteiger partial charge in [-0.15, -0.1) is 0 Å². The number of ether oxygens (including phenoxy) is 1. The molecule has 0 aliphatic carbocycles. The minimum absolute atomic E-state index is 0.133. The van der Waals surface area contributed by atoms with E-state index >= 15 is 0 Å². The molecular formula is C21H36O4. The summed E-state index contributed by atoms with van der Waals surface area (Å²) in [5.41, 5.74) is -0.133. The van der Waals surface area contributed by atoms with Crippen LogP contribution in [-0.4, -0.2) is 23.0 Å². The Hall–Kier alpha value is -1.32. The molecule has 0 aromatic heterocycles. The number of esters is 1. The maximum atomic E-state index is 12.0. The van der Waals surface area contributed by atoms with Crippen LogP contribution in [-0.2, 0) is 14.3 Å². The third kappa shape index (κ3) is 8.55. The number of rotatable bonds is 15. The highest BCUT2D eigenvalue weighted by Crippen LogP contribution is 2.23. The van der Waals surface area contributed by atoms with E-state index in [1.165, 1.54) is 64.2 Å². The zero-order chi connectivity index (χ0) is 18.5. The maximum Gasteiger partial charge on any atom is 0.346 e. The number of hydrogen-bond acceptors (Lipinski definition) is 4. The lowest BCUT2D eigenvalue weighted by Gasteiger charge is -2.03. The van der Waals surface area contributed by atoms with Crippen molar-refractivity contribution in [1.29, 1.82) is 0 Å². The molecule has 0 aromatic rings. The second-order valence-electron chi connectivity index (χ2n) is 7.22. The van der Waals surface area contributed by atoms with Crippen LogP contribution >= 0.6 is 0 Å². The van der Waals surface area contributed by atoms with Crippen molar-refractivity contribution in [3.63, 3.8) is 0 Å². The van der Waals surface area contributed by atoms with Gasteiger partial charge in [0.25, 0.3) is 0 Å². The summed E-state index contributed by atoms with van der Waals surface area (Å²) < 4.78 is 4.84. The topological polar surface area (TPSA) is 63.6 Å². The van der Waals surface area contributed by atoms with Crippen molar-refractivity contribution in [3.05, 3.63) is 11.3 Å². The smallest absolute Gasteiger partial charge is 0.346 e. The van der Waals surface area contributed by atoms with Gasteiger partial charge in [-0.2, -0.15) is 0 Å². The fourth-order valence-electron chi connectivity index (χ4n) is 3.27. The predicted molar refractivity (Wildman–Crippen MR) is 101 cm³/mol. The second kappa shape index (κ2) is 13.0. The molecule has 0 aromatic carbocycles. The molecule has 1 rings (SSSR count). The van der Waals surface area contributed by atoms with E-state index in [4.69, 9.17) is 4.74 Å². The molecule has 4 heteroatoms. The van der Waals surface area contributed by atoms with E-state index in [1.807, 2.05) is 0 Å². The Morgan fingerprint density at radius 2 is 1.32 bits per heavy atom. The lowest BCUT2D eigenvalue weighted by molar-refractivity contribution is -0.140. The summed E-state index contributed by atoms with van der Waals surface area (Å²) in [5, 5.41) is 9.72. The first-order chi connectivity index (χ1) is 12.1. The lowest BCUT2D eigenvalue weighted by atomic mass is 10.0. The molecule has 0 radical (unpaired) electrons. The maximum absolute atomic E-state index is 12.0. The summed E-state index contributed by atoms with van der Waals surface area (Å²) >= 11 is 0. The highest BCUT2D eigenvalue weighted by atomic mass is 16.6. The second-order valence-corrected chi connectivity index (χ2v) is 7.22. The number of unbranched alkanes of at least 4 members (excludes halogenated alkanes) is 12. The molecular weight excluding hydrogens is 316 g/mol. The highest BCUT2D eigenvalue weighted by molar-refractivity contribution is 6.18. The molecule has 1 aliphatic heterocycles. The van der Waals surface area contributed by atoms with Gasteiger partial charge >= 0.3 is 5.97 Å². The van der Waals surface area contributed by atoms with Crippen molar-refractivity contribution in [2.45, 2.75) is 110 Å². The van der Waals surface area contributed by atoms with E-state index in [9.17, 15) is 14.7 Å². The van der Waals surface area contributed by atoms with E-state index in [2.05, 4.69) is 6.92 Å². The largest absolute Gasteiger partial charge is 0.507 e. The Morgan fingerprint density at radius 1 is 0.880 bits per heavy atom. The quantitative estimate of drug-likeness (QED) is 0.230. The Kier molecular flexibility index (Phi) is 11.3. The van der Waals surface area contributed by atoms with Crippen LogP contribution in [0.3, 0.4) is 0 Å². The SMILES string of the molecule is CCCCCCCCCCCCCCCC(=O)C1=C(O)[C@@H](C)OC1=O. The first kappa shape index (κ1) is 21.7. The number of hydrogen-bond donors (Lipinski definition) is 1. The normalized spacial score (nSPS) is 17.2. The molecule has 1 N–H and O–H groups in total. The lowest BCUT2D eigenvalue weighted by Crippen LogP contribution is -2.11. The number of ketones is 1. The van der Waals surface area contributed by atoms with E-state index in [0.717, 1.165) is 19.3 Å². The first-order valence-electron chi connectivity index (χ1n) is 10.2. The van der Waals surface area contributed by atoms with E-state index in [-0.39, 0.29) is 17.1 Å². The molecule has 4 nitrogen and oxygen atoms in total. The van der Waals surface area contributed by atoms with Gasteiger partial charge in [0.2, 0.25) is 0 Å². The minimum atomic E-state index is -0.682. The van der Waals surface area contributed by atoms with E-state index in [1.54, 1.807) is 6.92 Å². The summed E-state index contributed by atoms with van der Waals surface area (Å²) in [6, 6.07) is 0. The van der Waals surface area contributed by atoms with Crippen LogP contribution in [0.4, 0.5) is 0 Å². The van der Waals surface area contributed by atoms with E-state index in [0.29, 0.717) is 6.42 Å². The molecule has 0 saturated carbocycles. The number of carbonyl (C=O) groups excluding carboxylic acids is 2. The van der Waals surface area contributed by atoms with Crippen LogP contribution in [0.15, 0.2) is 11.3 Å². The van der Waals surface area contributed by atoms with Crippen LogP contribution in [0.1, 0.15) is 104 Å². The van der Waals surface area contributed by atoms with Crippen molar-refractivity contribution < 1.29 is 19.4 Å². The molecule has 25 heavy (non-hydrogen) atoms. The molecule has 0 unspecified atom stereocenters. The standard InChI is InChI=1S/C21H36O4/c1-3-4-5-6-7-8-9-10-11-12-13-14-15-16-18(22)19-20(23)17(2)25-21(19)24/h17,23H,3-16H2,1-2H3/t17-/m1/s1. The van der Waals surface area contributed by atoms with E-state index < -0.39 is 12.1 Å². The van der Waals surface area contributed by atoms with Gasteiger partial charge in [-0.05, 0) is 13.3 Å². The van der Waals surface area contributed by atoms with Gasteiger partial charge in [-0.1, -0.05) is 84.0 Å². The van der Waals surface area contributed by atoms with Crippen LogP contribution in [0.2, 0.25) is 0 Å². The zero-order valence-corrected chi connectivity index (χ0v) is 16.1. The van der Waals surface area contributed by atoms with Gasteiger partial charge in [0, 0.05) is 6.42 Å². The van der Waals surface area contributed by atoms with Gasteiger partial charge in [0.15, 0.2) is 17.6 Å². The van der Waals surface area contributed by atoms with Crippen molar-refractivity contribution in [3.8, 4) is 0 Å². The summed E-state index contributed by atoms with van der Waals surface area (Å²) in [6.07, 6.45) is 15.9. The number of Topliss-reactive ketones (excluding diaryl/α,β-unsaturated/α-hetero) is 1.